The standard InChI is InChI=1S/C14H18ClN3OS/c15-10-1-3-11(4-2-10)17-14(19)9-18(12-5-6-12)8-7-13(16)20/h1-4,12H,5-9H2,(H2,16,20)(H,17,19). The van der Waals surface area contributed by atoms with Crippen LogP contribution in [0.3, 0.4) is 0 Å². The number of carbonyl (C=O) groups excluding carboxylic acids is 1. The van der Waals surface area contributed by atoms with E-state index < -0.39 is 0 Å². The number of anilines is 1. The molecule has 4 nitrogen and oxygen atoms in total. The van der Waals surface area contributed by atoms with E-state index in [4.69, 9.17) is 29.6 Å². The molecule has 0 radical (unpaired) electrons. The molecule has 0 atom stereocenters. The summed E-state index contributed by atoms with van der Waals surface area (Å²) in [7, 11) is 0. The maximum Gasteiger partial charge on any atom is 0.238 e. The molecule has 1 aliphatic rings. The smallest absolute Gasteiger partial charge is 0.238 e. The van der Waals surface area contributed by atoms with Crippen LogP contribution in [0.1, 0.15) is 19.3 Å². The minimum absolute atomic E-state index is 0.0258. The summed E-state index contributed by atoms with van der Waals surface area (Å²) >= 11 is 10.7. The second kappa shape index (κ2) is 7.02. The molecule has 2 rings (SSSR count). The summed E-state index contributed by atoms with van der Waals surface area (Å²) in [6.45, 7) is 1.12. The average molecular weight is 312 g/mol. The fourth-order valence-corrected chi connectivity index (χ4v) is 2.22. The minimum atomic E-state index is -0.0258. The predicted molar refractivity (Wildman–Crippen MR) is 86.1 cm³/mol. The van der Waals surface area contributed by atoms with Gasteiger partial charge in [0.15, 0.2) is 0 Å². The molecule has 1 aromatic carbocycles. The molecule has 1 amide bonds. The van der Waals surface area contributed by atoms with Gasteiger partial charge in [-0.1, -0.05) is 23.8 Å². The Morgan fingerprint density at radius 1 is 1.40 bits per heavy atom. The summed E-state index contributed by atoms with van der Waals surface area (Å²) in [5.74, 6) is -0.0258. The lowest BCUT2D eigenvalue weighted by molar-refractivity contribution is -0.117. The Bertz CT molecular complexity index is 488. The largest absolute Gasteiger partial charge is 0.393 e. The van der Waals surface area contributed by atoms with E-state index in [0.717, 1.165) is 25.1 Å². The van der Waals surface area contributed by atoms with E-state index in [1.807, 2.05) is 0 Å². The van der Waals surface area contributed by atoms with Gasteiger partial charge in [0, 0.05) is 29.7 Å². The molecule has 1 aromatic rings. The van der Waals surface area contributed by atoms with Crippen molar-refractivity contribution >= 4 is 40.4 Å². The SMILES string of the molecule is NC(=S)CCN(CC(=O)Nc1ccc(Cl)cc1)C1CC1. The van der Waals surface area contributed by atoms with Crippen LogP contribution in [-0.4, -0.2) is 34.9 Å². The summed E-state index contributed by atoms with van der Waals surface area (Å²) in [6.07, 6.45) is 2.94. The van der Waals surface area contributed by atoms with Crippen molar-refractivity contribution in [1.82, 2.24) is 4.90 Å². The van der Waals surface area contributed by atoms with Crippen LogP contribution in [0.5, 0.6) is 0 Å². The topological polar surface area (TPSA) is 58.4 Å². The third kappa shape index (κ3) is 5.07. The van der Waals surface area contributed by atoms with Gasteiger partial charge >= 0.3 is 0 Å². The van der Waals surface area contributed by atoms with Crippen LogP contribution in [0.4, 0.5) is 5.69 Å². The van der Waals surface area contributed by atoms with Gasteiger partial charge in [0.1, 0.15) is 0 Å². The first-order valence-corrected chi connectivity index (χ1v) is 7.41. The highest BCUT2D eigenvalue weighted by molar-refractivity contribution is 7.80. The molecule has 0 heterocycles. The highest BCUT2D eigenvalue weighted by atomic mass is 35.5. The Morgan fingerprint density at radius 3 is 2.60 bits per heavy atom. The first-order chi connectivity index (χ1) is 9.54. The second-order valence-electron chi connectivity index (χ2n) is 4.97. The molecular weight excluding hydrogens is 294 g/mol. The quantitative estimate of drug-likeness (QED) is 0.759. The number of thiocarbonyl (C=S) groups is 1. The van der Waals surface area contributed by atoms with Crippen molar-refractivity contribution in [1.29, 1.82) is 0 Å². The lowest BCUT2D eigenvalue weighted by Gasteiger charge is -2.21. The first kappa shape index (κ1) is 15.2. The Morgan fingerprint density at radius 2 is 2.05 bits per heavy atom. The van der Waals surface area contributed by atoms with Gasteiger partial charge in [-0.25, -0.2) is 0 Å². The van der Waals surface area contributed by atoms with Crippen molar-refractivity contribution in [3.05, 3.63) is 29.3 Å². The third-order valence-corrected chi connectivity index (χ3v) is 3.64. The van der Waals surface area contributed by atoms with Crippen LogP contribution in [0.15, 0.2) is 24.3 Å². The fraction of sp³-hybridized carbons (Fsp3) is 0.429. The molecular formula is C14H18ClN3OS. The molecule has 0 aromatic heterocycles. The van der Waals surface area contributed by atoms with Gasteiger partial charge in [0.05, 0.1) is 11.5 Å². The van der Waals surface area contributed by atoms with Gasteiger partial charge in [0.25, 0.3) is 0 Å². The number of amides is 1. The summed E-state index contributed by atoms with van der Waals surface area (Å²) in [5, 5.41) is 3.52. The van der Waals surface area contributed by atoms with Gasteiger partial charge < -0.3 is 11.1 Å². The minimum Gasteiger partial charge on any atom is -0.393 e. The Kier molecular flexibility index (Phi) is 5.34. The Balaban J connectivity index is 1.84. The van der Waals surface area contributed by atoms with Crippen molar-refractivity contribution < 1.29 is 4.79 Å². The van der Waals surface area contributed by atoms with Crippen LogP contribution in [-0.2, 0) is 4.79 Å². The average Bonchev–Trinajstić information content (AvgIpc) is 3.21. The van der Waals surface area contributed by atoms with Gasteiger partial charge in [-0.15, -0.1) is 0 Å². The van der Waals surface area contributed by atoms with Gasteiger partial charge in [-0.05, 0) is 37.1 Å². The number of benzene rings is 1. The number of carbonyl (C=O) groups is 1. The summed E-state index contributed by atoms with van der Waals surface area (Å²) in [6, 6.07) is 7.58. The third-order valence-electron chi connectivity index (χ3n) is 3.18. The van der Waals surface area contributed by atoms with Crippen LogP contribution < -0.4 is 11.1 Å². The van der Waals surface area contributed by atoms with Crippen molar-refractivity contribution in [3.8, 4) is 0 Å². The van der Waals surface area contributed by atoms with E-state index in [0.29, 0.717) is 29.0 Å². The van der Waals surface area contributed by atoms with Crippen molar-refractivity contribution in [3.63, 3.8) is 0 Å². The number of nitrogens with two attached hydrogens (primary N) is 1. The fourth-order valence-electron chi connectivity index (χ4n) is 2.00. The number of rotatable bonds is 7. The number of halogens is 1. The summed E-state index contributed by atoms with van der Waals surface area (Å²) in [4.78, 5) is 14.7. The van der Waals surface area contributed by atoms with E-state index >= 15 is 0 Å². The van der Waals surface area contributed by atoms with Crippen LogP contribution >= 0.6 is 23.8 Å². The molecule has 20 heavy (non-hydrogen) atoms. The van der Waals surface area contributed by atoms with Crippen LogP contribution in [0.25, 0.3) is 0 Å². The van der Waals surface area contributed by atoms with E-state index in [2.05, 4.69) is 10.2 Å². The van der Waals surface area contributed by atoms with Crippen molar-refractivity contribution in [2.75, 3.05) is 18.4 Å². The second-order valence-corrected chi connectivity index (χ2v) is 5.93. The lowest BCUT2D eigenvalue weighted by atomic mass is 10.3. The maximum absolute atomic E-state index is 12.0. The number of nitrogens with one attached hydrogen (secondary N) is 1. The molecule has 0 bridgehead atoms. The summed E-state index contributed by atoms with van der Waals surface area (Å²) in [5.41, 5.74) is 6.28. The molecule has 108 valence electrons. The lowest BCUT2D eigenvalue weighted by Crippen LogP contribution is -2.36. The molecule has 0 spiro atoms. The zero-order valence-corrected chi connectivity index (χ0v) is 12.7. The number of hydrogen-bond donors (Lipinski definition) is 2. The van der Waals surface area contributed by atoms with Gasteiger partial charge in [-0.2, -0.15) is 0 Å². The highest BCUT2D eigenvalue weighted by Gasteiger charge is 2.29. The van der Waals surface area contributed by atoms with Crippen molar-refractivity contribution in [2.24, 2.45) is 5.73 Å². The molecule has 0 aliphatic heterocycles. The Hall–Kier alpha value is -1.17. The van der Waals surface area contributed by atoms with E-state index in [9.17, 15) is 4.79 Å². The van der Waals surface area contributed by atoms with E-state index in [1.165, 1.54) is 0 Å². The first-order valence-electron chi connectivity index (χ1n) is 6.62. The number of hydrogen-bond acceptors (Lipinski definition) is 3. The van der Waals surface area contributed by atoms with E-state index in [-0.39, 0.29) is 5.91 Å². The van der Waals surface area contributed by atoms with Crippen LogP contribution in [0, 0.1) is 0 Å². The van der Waals surface area contributed by atoms with Gasteiger partial charge in [-0.3, -0.25) is 9.69 Å². The predicted octanol–water partition coefficient (Wildman–Crippen LogP) is 2.42. The zero-order valence-electron chi connectivity index (χ0n) is 11.1. The summed E-state index contributed by atoms with van der Waals surface area (Å²) < 4.78 is 0. The monoisotopic (exact) mass is 311 g/mol. The highest BCUT2D eigenvalue weighted by Crippen LogP contribution is 2.26. The molecule has 6 heteroatoms. The molecule has 1 saturated carbocycles. The Labute approximate surface area is 129 Å². The zero-order chi connectivity index (χ0) is 14.5. The van der Waals surface area contributed by atoms with E-state index in [1.54, 1.807) is 24.3 Å². The molecule has 0 saturated heterocycles. The molecule has 0 unspecified atom stereocenters. The number of nitrogens with zero attached hydrogens (tertiary/aromatic N) is 1. The van der Waals surface area contributed by atoms with Gasteiger partial charge in [0.2, 0.25) is 5.91 Å². The molecule has 3 N–H and O–H groups in total. The van der Waals surface area contributed by atoms with Crippen molar-refractivity contribution in [2.45, 2.75) is 25.3 Å². The normalized spacial score (nSPS) is 14.3. The molecule has 1 fully saturated rings. The maximum atomic E-state index is 12.0. The molecule has 1 aliphatic carbocycles. The van der Waals surface area contributed by atoms with Crippen LogP contribution in [0.2, 0.25) is 5.02 Å².